The minimum atomic E-state index is -0.0856. The minimum absolute atomic E-state index is 0.0856. The third kappa shape index (κ3) is 5.06. The molecule has 0 saturated heterocycles. The number of hydrogen-bond acceptors (Lipinski definition) is 4. The number of carbonyl (C=O) groups is 1. The average molecular weight is 367 g/mol. The number of benzene rings is 1. The molecular weight excluding hydrogens is 336 g/mol. The predicted molar refractivity (Wildman–Crippen MR) is 110 cm³/mol. The third-order valence-electron chi connectivity index (χ3n) is 5.14. The summed E-state index contributed by atoms with van der Waals surface area (Å²) in [6.45, 7) is 6.53. The lowest BCUT2D eigenvalue weighted by Gasteiger charge is -2.22. The van der Waals surface area contributed by atoms with Gasteiger partial charge in [0.15, 0.2) is 0 Å². The summed E-state index contributed by atoms with van der Waals surface area (Å²) >= 11 is 0. The van der Waals surface area contributed by atoms with Crippen molar-refractivity contribution < 1.29 is 4.79 Å². The predicted octanol–water partition coefficient (Wildman–Crippen LogP) is 4.89. The standard InChI is InChI=1S/C22H30N4O/c1-4-26(19-13-9-10-16(2)14-19)21(27)20-15-17(3)23-22(25-20)24-18-11-7-5-6-8-12-18/h9-10,13-15,18H,4-8,11-12H2,1-3H3,(H,23,24,25). The van der Waals surface area contributed by atoms with Crippen LogP contribution in [-0.4, -0.2) is 28.5 Å². The van der Waals surface area contributed by atoms with E-state index in [2.05, 4.69) is 15.3 Å². The van der Waals surface area contributed by atoms with E-state index in [4.69, 9.17) is 0 Å². The van der Waals surface area contributed by atoms with Crippen LogP contribution in [0.15, 0.2) is 30.3 Å². The van der Waals surface area contributed by atoms with Crippen molar-refractivity contribution in [3.8, 4) is 0 Å². The molecule has 0 spiro atoms. The summed E-state index contributed by atoms with van der Waals surface area (Å²) in [4.78, 5) is 24.0. The lowest BCUT2D eigenvalue weighted by atomic mass is 10.1. The van der Waals surface area contributed by atoms with Gasteiger partial charge in [-0.15, -0.1) is 0 Å². The zero-order valence-electron chi connectivity index (χ0n) is 16.7. The van der Waals surface area contributed by atoms with Gasteiger partial charge in [-0.05, 0) is 57.4 Å². The van der Waals surface area contributed by atoms with E-state index < -0.39 is 0 Å². The highest BCUT2D eigenvalue weighted by molar-refractivity contribution is 6.05. The molecule has 1 aromatic carbocycles. The van der Waals surface area contributed by atoms with Crippen molar-refractivity contribution in [3.05, 3.63) is 47.3 Å². The van der Waals surface area contributed by atoms with E-state index in [9.17, 15) is 4.79 Å². The van der Waals surface area contributed by atoms with E-state index in [1.807, 2.05) is 45.0 Å². The molecule has 1 fully saturated rings. The Kier molecular flexibility index (Phi) is 6.43. The fourth-order valence-corrected chi connectivity index (χ4v) is 3.73. The van der Waals surface area contributed by atoms with E-state index in [-0.39, 0.29) is 5.91 Å². The summed E-state index contributed by atoms with van der Waals surface area (Å²) in [6.07, 6.45) is 7.38. The highest BCUT2D eigenvalue weighted by Gasteiger charge is 2.20. The molecule has 144 valence electrons. The second-order valence-corrected chi connectivity index (χ2v) is 7.44. The summed E-state index contributed by atoms with van der Waals surface area (Å²) in [7, 11) is 0. The summed E-state index contributed by atoms with van der Waals surface area (Å²) < 4.78 is 0. The van der Waals surface area contributed by atoms with Crippen LogP contribution in [0.1, 0.15) is 67.2 Å². The molecule has 1 saturated carbocycles. The molecule has 5 heteroatoms. The van der Waals surface area contributed by atoms with Crippen molar-refractivity contribution in [1.82, 2.24) is 9.97 Å². The van der Waals surface area contributed by atoms with Gasteiger partial charge in [-0.3, -0.25) is 4.79 Å². The molecule has 1 aromatic heterocycles. The first-order valence-electron chi connectivity index (χ1n) is 10.1. The first-order valence-corrected chi connectivity index (χ1v) is 10.1. The molecule has 0 unspecified atom stereocenters. The van der Waals surface area contributed by atoms with Gasteiger partial charge in [-0.25, -0.2) is 9.97 Å². The van der Waals surface area contributed by atoms with Crippen LogP contribution in [0.2, 0.25) is 0 Å². The molecular formula is C22H30N4O. The number of nitrogens with one attached hydrogen (secondary N) is 1. The molecule has 27 heavy (non-hydrogen) atoms. The quantitative estimate of drug-likeness (QED) is 0.765. The molecule has 5 nitrogen and oxygen atoms in total. The highest BCUT2D eigenvalue weighted by Crippen LogP contribution is 2.21. The van der Waals surface area contributed by atoms with Crippen LogP contribution in [-0.2, 0) is 0 Å². The fourth-order valence-electron chi connectivity index (χ4n) is 3.73. The van der Waals surface area contributed by atoms with Crippen molar-refractivity contribution in [2.75, 3.05) is 16.8 Å². The lowest BCUT2D eigenvalue weighted by Crippen LogP contribution is -2.32. The molecule has 1 N–H and O–H groups in total. The van der Waals surface area contributed by atoms with Crippen molar-refractivity contribution in [1.29, 1.82) is 0 Å². The first kappa shape index (κ1) is 19.3. The van der Waals surface area contributed by atoms with Crippen LogP contribution in [0.5, 0.6) is 0 Å². The number of amides is 1. The molecule has 1 aliphatic carbocycles. The van der Waals surface area contributed by atoms with Gasteiger partial charge in [0.2, 0.25) is 5.95 Å². The van der Waals surface area contributed by atoms with E-state index in [0.717, 1.165) is 29.8 Å². The monoisotopic (exact) mass is 366 g/mol. The number of aromatic nitrogens is 2. The molecule has 1 heterocycles. The second-order valence-electron chi connectivity index (χ2n) is 7.44. The number of aryl methyl sites for hydroxylation is 2. The van der Waals surface area contributed by atoms with E-state index >= 15 is 0 Å². The SMILES string of the molecule is CCN(C(=O)c1cc(C)nc(NC2CCCCCC2)n1)c1cccc(C)c1. The Balaban J connectivity index is 1.82. The van der Waals surface area contributed by atoms with Gasteiger partial charge in [-0.2, -0.15) is 0 Å². The van der Waals surface area contributed by atoms with Crippen LogP contribution >= 0.6 is 0 Å². The number of carbonyl (C=O) groups excluding carboxylic acids is 1. The zero-order chi connectivity index (χ0) is 19.2. The van der Waals surface area contributed by atoms with Gasteiger partial charge in [0, 0.05) is 24.0 Å². The molecule has 0 bridgehead atoms. The topological polar surface area (TPSA) is 58.1 Å². The maximum Gasteiger partial charge on any atom is 0.277 e. The van der Waals surface area contributed by atoms with Gasteiger partial charge in [0.05, 0.1) is 0 Å². The fraction of sp³-hybridized carbons (Fsp3) is 0.500. The molecule has 1 amide bonds. The van der Waals surface area contributed by atoms with Gasteiger partial charge >= 0.3 is 0 Å². The summed E-state index contributed by atoms with van der Waals surface area (Å²) in [5, 5.41) is 3.47. The Morgan fingerprint density at radius 2 is 1.85 bits per heavy atom. The molecule has 0 atom stereocenters. The van der Waals surface area contributed by atoms with Crippen molar-refractivity contribution >= 4 is 17.5 Å². The lowest BCUT2D eigenvalue weighted by molar-refractivity contribution is 0.0983. The molecule has 2 aromatic rings. The summed E-state index contributed by atoms with van der Waals surface area (Å²) in [6, 6.07) is 10.2. The van der Waals surface area contributed by atoms with Crippen molar-refractivity contribution in [3.63, 3.8) is 0 Å². The van der Waals surface area contributed by atoms with Gasteiger partial charge < -0.3 is 10.2 Å². The largest absolute Gasteiger partial charge is 0.351 e. The van der Waals surface area contributed by atoms with Crippen LogP contribution in [0.25, 0.3) is 0 Å². The highest BCUT2D eigenvalue weighted by atomic mass is 16.2. The Morgan fingerprint density at radius 1 is 1.11 bits per heavy atom. The van der Waals surface area contributed by atoms with Crippen molar-refractivity contribution in [2.24, 2.45) is 0 Å². The Morgan fingerprint density at radius 3 is 2.52 bits per heavy atom. The summed E-state index contributed by atoms with van der Waals surface area (Å²) in [5.41, 5.74) is 3.29. The smallest absolute Gasteiger partial charge is 0.277 e. The number of rotatable bonds is 5. The third-order valence-corrected chi connectivity index (χ3v) is 5.14. The van der Waals surface area contributed by atoms with Crippen LogP contribution in [0.3, 0.4) is 0 Å². The summed E-state index contributed by atoms with van der Waals surface area (Å²) in [5.74, 6) is 0.489. The minimum Gasteiger partial charge on any atom is -0.351 e. The van der Waals surface area contributed by atoms with Gasteiger partial charge in [-0.1, -0.05) is 37.8 Å². The van der Waals surface area contributed by atoms with Crippen LogP contribution < -0.4 is 10.2 Å². The Hall–Kier alpha value is -2.43. The molecule has 3 rings (SSSR count). The zero-order valence-corrected chi connectivity index (χ0v) is 16.7. The van der Waals surface area contributed by atoms with Gasteiger partial charge in [0.1, 0.15) is 5.69 Å². The Labute approximate surface area is 162 Å². The maximum absolute atomic E-state index is 13.1. The Bertz CT molecular complexity index is 782. The number of nitrogens with zero attached hydrogens (tertiary/aromatic N) is 3. The number of anilines is 2. The average Bonchev–Trinajstić information content (AvgIpc) is 2.90. The van der Waals surface area contributed by atoms with E-state index in [0.29, 0.717) is 24.2 Å². The van der Waals surface area contributed by atoms with Crippen LogP contribution in [0.4, 0.5) is 11.6 Å². The number of hydrogen-bond donors (Lipinski definition) is 1. The van der Waals surface area contributed by atoms with Crippen LogP contribution in [0, 0.1) is 13.8 Å². The molecule has 0 radical (unpaired) electrons. The van der Waals surface area contributed by atoms with E-state index in [1.54, 1.807) is 11.0 Å². The van der Waals surface area contributed by atoms with Crippen molar-refractivity contribution in [2.45, 2.75) is 65.3 Å². The molecule has 1 aliphatic rings. The second kappa shape index (κ2) is 8.98. The van der Waals surface area contributed by atoms with E-state index in [1.165, 1.54) is 25.7 Å². The maximum atomic E-state index is 13.1. The molecule has 0 aliphatic heterocycles. The first-order chi connectivity index (χ1) is 13.1. The normalized spacial score (nSPS) is 15.2. The van der Waals surface area contributed by atoms with Gasteiger partial charge in [0.25, 0.3) is 5.91 Å².